The van der Waals surface area contributed by atoms with Gasteiger partial charge in [0.2, 0.25) is 0 Å². The zero-order valence-corrected chi connectivity index (χ0v) is 15.3. The Morgan fingerprint density at radius 1 is 1.08 bits per heavy atom. The third-order valence-corrected chi connectivity index (χ3v) is 4.14. The van der Waals surface area contributed by atoms with Gasteiger partial charge < -0.3 is 19.8 Å². The normalized spacial score (nSPS) is 10.7. The Hall–Kier alpha value is -3.02. The van der Waals surface area contributed by atoms with Crippen LogP contribution in [0.25, 0.3) is 0 Å². The van der Waals surface area contributed by atoms with Gasteiger partial charge in [0.1, 0.15) is 11.5 Å². The number of amides is 1. The van der Waals surface area contributed by atoms with Crippen molar-refractivity contribution in [2.24, 2.45) is 0 Å². The monoisotopic (exact) mass is 357 g/mol. The molecule has 0 radical (unpaired) electrons. The minimum Gasteiger partial charge on any atom is -0.508 e. The summed E-state index contributed by atoms with van der Waals surface area (Å²) >= 11 is 0. The number of esters is 1. The van der Waals surface area contributed by atoms with Crippen molar-refractivity contribution >= 4 is 11.9 Å². The van der Waals surface area contributed by atoms with Crippen molar-refractivity contribution < 1.29 is 24.5 Å². The van der Waals surface area contributed by atoms with Gasteiger partial charge >= 0.3 is 5.97 Å². The molecular formula is C20H23NO5. The van der Waals surface area contributed by atoms with Crippen molar-refractivity contribution in [2.75, 3.05) is 14.2 Å². The highest BCUT2D eigenvalue weighted by atomic mass is 16.5. The molecule has 2 aromatic carbocycles. The number of hydrogen-bond donors (Lipinski definition) is 2. The first-order chi connectivity index (χ1) is 12.2. The largest absolute Gasteiger partial charge is 0.508 e. The van der Waals surface area contributed by atoms with Crippen LogP contribution in [0.4, 0.5) is 0 Å². The Morgan fingerprint density at radius 2 is 1.69 bits per heavy atom. The second-order valence-corrected chi connectivity index (χ2v) is 6.43. The molecule has 0 unspecified atom stereocenters. The van der Waals surface area contributed by atoms with Gasteiger partial charge in [-0.15, -0.1) is 0 Å². The number of nitrogens with zero attached hydrogens (tertiary/aromatic N) is 1. The number of phenols is 2. The van der Waals surface area contributed by atoms with E-state index in [0.717, 1.165) is 5.56 Å². The van der Waals surface area contributed by atoms with Gasteiger partial charge in [-0.05, 0) is 35.2 Å². The maximum Gasteiger partial charge on any atom is 0.337 e. The highest BCUT2D eigenvalue weighted by molar-refractivity contribution is 5.97. The number of carbonyl (C=O) groups is 2. The van der Waals surface area contributed by atoms with Gasteiger partial charge in [-0.25, -0.2) is 4.79 Å². The summed E-state index contributed by atoms with van der Waals surface area (Å²) < 4.78 is 4.65. The summed E-state index contributed by atoms with van der Waals surface area (Å²) in [5.41, 5.74) is 2.00. The highest BCUT2D eigenvalue weighted by Gasteiger charge is 2.20. The van der Waals surface area contributed by atoms with Gasteiger partial charge in [0.15, 0.2) is 0 Å². The molecule has 0 aliphatic heterocycles. The smallest absolute Gasteiger partial charge is 0.337 e. The van der Waals surface area contributed by atoms with Crippen LogP contribution >= 0.6 is 0 Å². The first kappa shape index (κ1) is 19.3. The van der Waals surface area contributed by atoms with Crippen molar-refractivity contribution in [1.82, 2.24) is 4.90 Å². The van der Waals surface area contributed by atoms with Crippen molar-refractivity contribution in [2.45, 2.75) is 26.3 Å². The van der Waals surface area contributed by atoms with Gasteiger partial charge in [-0.2, -0.15) is 0 Å². The summed E-state index contributed by atoms with van der Waals surface area (Å²) in [6.45, 7) is 4.09. The summed E-state index contributed by atoms with van der Waals surface area (Å²) in [5.74, 6) is -1.06. The van der Waals surface area contributed by atoms with Crippen molar-refractivity contribution in [3.63, 3.8) is 0 Å². The number of aromatic hydroxyl groups is 2. The predicted octanol–water partition coefficient (Wildman–Crippen LogP) is 3.28. The second kappa shape index (κ2) is 7.91. The zero-order valence-electron chi connectivity index (χ0n) is 15.3. The first-order valence-electron chi connectivity index (χ1n) is 8.23. The molecule has 0 aromatic heterocycles. The molecular weight excluding hydrogens is 334 g/mol. The molecule has 0 bridgehead atoms. The van der Waals surface area contributed by atoms with Crippen LogP contribution in [0, 0.1) is 0 Å². The molecule has 2 rings (SSSR count). The van der Waals surface area contributed by atoms with Crippen molar-refractivity contribution in [1.29, 1.82) is 0 Å². The van der Waals surface area contributed by atoms with Crippen LogP contribution in [0.15, 0.2) is 36.4 Å². The molecule has 138 valence electrons. The quantitative estimate of drug-likeness (QED) is 0.802. The minimum absolute atomic E-state index is 0.0123. The maximum absolute atomic E-state index is 12.7. The fraction of sp³-hybridized carbons (Fsp3) is 0.300. The lowest BCUT2D eigenvalue weighted by Crippen LogP contribution is -2.26. The number of phenolic OH excluding ortho intramolecular Hbond substituents is 2. The molecule has 1 amide bonds. The molecule has 0 saturated heterocycles. The lowest BCUT2D eigenvalue weighted by Gasteiger charge is -2.19. The molecule has 0 spiro atoms. The molecule has 0 saturated carbocycles. The van der Waals surface area contributed by atoms with E-state index in [0.29, 0.717) is 17.7 Å². The van der Waals surface area contributed by atoms with Crippen LogP contribution in [0.5, 0.6) is 11.5 Å². The molecule has 6 nitrogen and oxygen atoms in total. The van der Waals surface area contributed by atoms with E-state index in [1.165, 1.54) is 24.1 Å². The van der Waals surface area contributed by atoms with E-state index < -0.39 is 5.97 Å². The maximum atomic E-state index is 12.7. The van der Waals surface area contributed by atoms with Crippen molar-refractivity contribution in [3.8, 4) is 11.5 Å². The SMILES string of the molecule is COC(=O)c1ccc(CN(C)C(=O)c2cc(C(C)C)c(O)cc2O)cc1. The number of benzene rings is 2. The Morgan fingerprint density at radius 3 is 2.23 bits per heavy atom. The van der Waals surface area contributed by atoms with Gasteiger partial charge in [0, 0.05) is 19.7 Å². The average molecular weight is 357 g/mol. The van der Waals surface area contributed by atoms with Crippen LogP contribution in [0.3, 0.4) is 0 Å². The molecule has 0 heterocycles. The fourth-order valence-electron chi connectivity index (χ4n) is 2.64. The summed E-state index contributed by atoms with van der Waals surface area (Å²) in [6, 6.07) is 9.47. The Bertz CT molecular complexity index is 812. The van der Waals surface area contributed by atoms with E-state index in [-0.39, 0.29) is 28.9 Å². The lowest BCUT2D eigenvalue weighted by molar-refractivity contribution is 0.0600. The third-order valence-electron chi connectivity index (χ3n) is 4.14. The third kappa shape index (κ3) is 4.14. The molecule has 2 aromatic rings. The van der Waals surface area contributed by atoms with E-state index in [4.69, 9.17) is 0 Å². The molecule has 26 heavy (non-hydrogen) atoms. The molecule has 2 N–H and O–H groups in total. The topological polar surface area (TPSA) is 87.1 Å². The first-order valence-corrected chi connectivity index (χ1v) is 8.23. The molecule has 0 aliphatic rings. The van der Waals surface area contributed by atoms with E-state index in [1.807, 2.05) is 13.8 Å². The summed E-state index contributed by atoms with van der Waals surface area (Å²) in [6.07, 6.45) is 0. The van der Waals surface area contributed by atoms with Crippen LogP contribution < -0.4 is 0 Å². The average Bonchev–Trinajstić information content (AvgIpc) is 2.60. The van der Waals surface area contributed by atoms with Crippen LogP contribution in [-0.2, 0) is 11.3 Å². The number of rotatable bonds is 5. The van der Waals surface area contributed by atoms with Gasteiger partial charge in [0.25, 0.3) is 5.91 Å². The number of carbonyl (C=O) groups excluding carboxylic acids is 2. The molecule has 0 aliphatic carbocycles. The van der Waals surface area contributed by atoms with Crippen molar-refractivity contribution in [3.05, 3.63) is 58.7 Å². The standard InChI is InChI=1S/C20H23NO5/c1-12(2)15-9-16(18(23)10-17(15)22)19(24)21(3)11-13-5-7-14(8-6-13)20(25)26-4/h5-10,12,22-23H,11H2,1-4H3. The Balaban J connectivity index is 2.19. The lowest BCUT2D eigenvalue weighted by atomic mass is 9.98. The summed E-state index contributed by atoms with van der Waals surface area (Å²) in [5, 5.41) is 20.0. The van der Waals surface area contributed by atoms with E-state index in [9.17, 15) is 19.8 Å². The number of ether oxygens (including phenoxy) is 1. The Labute approximate surface area is 152 Å². The summed E-state index contributed by atoms with van der Waals surface area (Å²) in [4.78, 5) is 25.6. The molecule has 0 fully saturated rings. The van der Waals surface area contributed by atoms with E-state index >= 15 is 0 Å². The highest BCUT2D eigenvalue weighted by Crippen LogP contribution is 2.32. The predicted molar refractivity (Wildman–Crippen MR) is 97.4 cm³/mol. The zero-order chi connectivity index (χ0) is 19.4. The van der Waals surface area contributed by atoms with Crippen LogP contribution in [0.2, 0.25) is 0 Å². The van der Waals surface area contributed by atoms with Crippen LogP contribution in [0.1, 0.15) is 51.6 Å². The molecule has 0 atom stereocenters. The summed E-state index contributed by atoms with van der Waals surface area (Å²) in [7, 11) is 2.94. The van der Waals surface area contributed by atoms with Gasteiger partial charge in [-0.3, -0.25) is 4.79 Å². The molecule has 6 heteroatoms. The Kier molecular flexibility index (Phi) is 5.87. The van der Waals surface area contributed by atoms with Gasteiger partial charge in [-0.1, -0.05) is 26.0 Å². The second-order valence-electron chi connectivity index (χ2n) is 6.43. The van der Waals surface area contributed by atoms with Gasteiger partial charge in [0.05, 0.1) is 18.2 Å². The number of hydrogen-bond acceptors (Lipinski definition) is 5. The fourth-order valence-corrected chi connectivity index (χ4v) is 2.64. The van der Waals surface area contributed by atoms with E-state index in [2.05, 4.69) is 4.74 Å². The number of methoxy groups -OCH3 is 1. The van der Waals surface area contributed by atoms with E-state index in [1.54, 1.807) is 31.3 Å². The van der Waals surface area contributed by atoms with Crippen LogP contribution in [-0.4, -0.2) is 41.1 Å². The minimum atomic E-state index is -0.420.